The minimum Gasteiger partial charge on any atom is -0.621 e. The van der Waals surface area contributed by atoms with E-state index >= 15 is 0 Å². The van der Waals surface area contributed by atoms with Crippen LogP contribution in [0.15, 0.2) is 30.3 Å². The Balaban J connectivity index is 1.57. The van der Waals surface area contributed by atoms with Gasteiger partial charge in [0.25, 0.3) is 0 Å². The first-order valence-electron chi connectivity index (χ1n) is 10.8. The Bertz CT molecular complexity index is 779. The zero-order valence-electron chi connectivity index (χ0n) is 17.3. The van der Waals surface area contributed by atoms with Gasteiger partial charge < -0.3 is 19.8 Å². The molecule has 2 aliphatic carbocycles. The molecule has 1 aliphatic heterocycles. The van der Waals surface area contributed by atoms with Gasteiger partial charge in [0.15, 0.2) is 11.6 Å². The molecule has 0 amide bonds. The normalized spacial score (nSPS) is 35.3. The molecule has 3 aliphatic rings. The van der Waals surface area contributed by atoms with E-state index in [1.807, 2.05) is 25.1 Å². The van der Waals surface area contributed by atoms with Crippen LogP contribution in [0.25, 0.3) is 0 Å². The van der Waals surface area contributed by atoms with E-state index in [2.05, 4.69) is 12.1 Å². The number of ether oxygens (including phenoxy) is 2. The summed E-state index contributed by atoms with van der Waals surface area (Å²) in [6.45, 7) is 1.86. The van der Waals surface area contributed by atoms with Crippen molar-refractivity contribution < 1.29 is 24.1 Å². The number of fused-ring (bicyclic) bond motifs is 1. The smallest absolute Gasteiger partial charge is 0.349 e. The summed E-state index contributed by atoms with van der Waals surface area (Å²) < 4.78 is 12.1. The van der Waals surface area contributed by atoms with E-state index in [4.69, 9.17) is 9.47 Å². The molecule has 6 nitrogen and oxygen atoms in total. The molecular formula is C23H31NO5. The van der Waals surface area contributed by atoms with Crippen LogP contribution in [0, 0.1) is 17.0 Å². The Morgan fingerprint density at radius 3 is 2.66 bits per heavy atom. The summed E-state index contributed by atoms with van der Waals surface area (Å²) in [4.78, 5) is 11.9. The fraction of sp³-hybridized carbons (Fsp3) is 0.652. The topological polar surface area (TPSA) is 81.8 Å². The molecule has 1 heterocycles. The van der Waals surface area contributed by atoms with Crippen LogP contribution in [0.3, 0.4) is 0 Å². The zero-order chi connectivity index (χ0) is 20.6. The molecule has 0 saturated heterocycles. The Hall–Kier alpha value is -2.08. The molecule has 29 heavy (non-hydrogen) atoms. The first-order valence-corrected chi connectivity index (χ1v) is 10.8. The number of benzene rings is 1. The standard InChI is InChI=1S/C23H31NO5/c1-23-16(12-13-18(23)21(25)22(26)28-2)14-20(24(23)27)29-19-11-7-6-10-17(19)15-8-4-3-5-9-15/h3-5,8-9,16-19,21,25H,6-7,10-14H2,1-2H3/t16-,17?,18+,19?,21-,23+/m0/s1. The maximum absolute atomic E-state index is 13.3. The third-order valence-electron chi connectivity index (χ3n) is 7.53. The Kier molecular flexibility index (Phi) is 5.56. The maximum atomic E-state index is 13.3. The molecule has 0 bridgehead atoms. The van der Waals surface area contributed by atoms with Gasteiger partial charge in [-0.05, 0) is 37.7 Å². The molecule has 2 fully saturated rings. The van der Waals surface area contributed by atoms with Gasteiger partial charge in [0, 0.05) is 18.8 Å². The number of carbonyl (C=O) groups excluding carboxylic acids is 1. The predicted octanol–water partition coefficient (Wildman–Crippen LogP) is 3.36. The van der Waals surface area contributed by atoms with Crippen LogP contribution in [0.2, 0.25) is 0 Å². The first-order chi connectivity index (χ1) is 14.0. The van der Waals surface area contributed by atoms with Crippen molar-refractivity contribution in [1.29, 1.82) is 0 Å². The van der Waals surface area contributed by atoms with Crippen molar-refractivity contribution in [3.63, 3.8) is 0 Å². The second kappa shape index (κ2) is 7.98. The van der Waals surface area contributed by atoms with Crippen LogP contribution in [0.5, 0.6) is 0 Å². The highest BCUT2D eigenvalue weighted by Gasteiger charge is 2.63. The van der Waals surface area contributed by atoms with E-state index in [1.54, 1.807) is 0 Å². The molecule has 0 spiro atoms. The van der Waals surface area contributed by atoms with Crippen LogP contribution >= 0.6 is 0 Å². The van der Waals surface area contributed by atoms with E-state index in [0.29, 0.717) is 18.7 Å². The van der Waals surface area contributed by atoms with Gasteiger partial charge in [-0.1, -0.05) is 36.8 Å². The van der Waals surface area contributed by atoms with E-state index in [1.165, 1.54) is 19.1 Å². The highest BCUT2D eigenvalue weighted by Crippen LogP contribution is 2.50. The first kappa shape index (κ1) is 20.2. The van der Waals surface area contributed by atoms with E-state index in [9.17, 15) is 15.1 Å². The van der Waals surface area contributed by atoms with Gasteiger partial charge >= 0.3 is 11.9 Å². The lowest BCUT2D eigenvalue weighted by Crippen LogP contribution is -2.49. The summed E-state index contributed by atoms with van der Waals surface area (Å²) in [5.41, 5.74) is 0.429. The van der Waals surface area contributed by atoms with Gasteiger partial charge in [-0.15, -0.1) is 0 Å². The number of hydrogen-bond donors (Lipinski definition) is 1. The number of rotatable bonds is 4. The fourth-order valence-corrected chi connectivity index (χ4v) is 5.81. The largest absolute Gasteiger partial charge is 0.621 e. The molecular weight excluding hydrogens is 370 g/mol. The molecule has 158 valence electrons. The number of aliphatic hydroxyl groups excluding tert-OH is 1. The summed E-state index contributed by atoms with van der Waals surface area (Å²) >= 11 is 0. The second-order valence-corrected chi connectivity index (χ2v) is 8.92. The minimum atomic E-state index is -1.28. The van der Waals surface area contributed by atoms with Gasteiger partial charge in [0.1, 0.15) is 6.10 Å². The van der Waals surface area contributed by atoms with Crippen LogP contribution < -0.4 is 0 Å². The van der Waals surface area contributed by atoms with Crippen molar-refractivity contribution in [3.05, 3.63) is 41.1 Å². The Morgan fingerprint density at radius 1 is 1.21 bits per heavy atom. The highest BCUT2D eigenvalue weighted by atomic mass is 16.6. The second-order valence-electron chi connectivity index (χ2n) is 8.92. The summed E-state index contributed by atoms with van der Waals surface area (Å²) in [6.07, 6.45) is 4.99. The van der Waals surface area contributed by atoms with Crippen LogP contribution in [-0.4, -0.2) is 46.6 Å². The fourth-order valence-electron chi connectivity index (χ4n) is 5.81. The van der Waals surface area contributed by atoms with Crippen LogP contribution in [-0.2, 0) is 14.3 Å². The van der Waals surface area contributed by atoms with Gasteiger partial charge in [-0.25, -0.2) is 4.79 Å². The van der Waals surface area contributed by atoms with Gasteiger partial charge in [-0.2, -0.15) is 4.74 Å². The molecule has 2 saturated carbocycles. The lowest BCUT2D eigenvalue weighted by atomic mass is 9.80. The predicted molar refractivity (Wildman–Crippen MR) is 108 cm³/mol. The lowest BCUT2D eigenvalue weighted by molar-refractivity contribution is -0.560. The third kappa shape index (κ3) is 3.41. The van der Waals surface area contributed by atoms with Crippen molar-refractivity contribution in [2.75, 3.05) is 7.11 Å². The maximum Gasteiger partial charge on any atom is 0.349 e. The van der Waals surface area contributed by atoms with Crippen molar-refractivity contribution >= 4 is 11.9 Å². The summed E-state index contributed by atoms with van der Waals surface area (Å²) in [7, 11) is 1.26. The zero-order valence-corrected chi connectivity index (χ0v) is 17.3. The van der Waals surface area contributed by atoms with Crippen molar-refractivity contribution in [1.82, 2.24) is 0 Å². The monoisotopic (exact) mass is 401 g/mol. The molecule has 6 heteroatoms. The minimum absolute atomic E-state index is 0.0102. The molecule has 2 unspecified atom stereocenters. The molecule has 1 aromatic carbocycles. The van der Waals surface area contributed by atoms with Crippen LogP contribution in [0.1, 0.15) is 63.4 Å². The summed E-state index contributed by atoms with van der Waals surface area (Å²) in [5.74, 6) is -0.286. The molecule has 0 aromatic heterocycles. The molecule has 1 aromatic rings. The van der Waals surface area contributed by atoms with Crippen molar-refractivity contribution in [2.24, 2.45) is 11.8 Å². The van der Waals surface area contributed by atoms with E-state index in [0.717, 1.165) is 30.4 Å². The molecule has 0 radical (unpaired) electrons. The number of carbonyl (C=O) groups is 1. The summed E-state index contributed by atoms with van der Waals surface area (Å²) in [6, 6.07) is 10.4. The molecule has 6 atom stereocenters. The quantitative estimate of drug-likeness (QED) is 0.475. The van der Waals surface area contributed by atoms with E-state index in [-0.39, 0.29) is 17.9 Å². The van der Waals surface area contributed by atoms with E-state index < -0.39 is 23.5 Å². The highest BCUT2D eigenvalue weighted by molar-refractivity contribution is 5.76. The molecule has 1 N–H and O–H groups in total. The lowest BCUT2D eigenvalue weighted by Gasteiger charge is -2.33. The number of hydrogen-bond acceptors (Lipinski definition) is 5. The number of hydroxylamine groups is 1. The van der Waals surface area contributed by atoms with Gasteiger partial charge in [0.05, 0.1) is 19.4 Å². The number of nitrogens with zero attached hydrogens (tertiary/aromatic N) is 1. The van der Waals surface area contributed by atoms with Crippen molar-refractivity contribution in [2.45, 2.75) is 75.5 Å². The average molecular weight is 402 g/mol. The summed E-state index contributed by atoms with van der Waals surface area (Å²) in [5, 5.41) is 23.8. The third-order valence-corrected chi connectivity index (χ3v) is 7.53. The SMILES string of the molecule is COC(=O)[C@@H](O)[C@H]1CC[C@H]2CC(OC3CCCCC3c3ccccc3)=[N+]([O-])[C@]21C. The number of esters is 1. The van der Waals surface area contributed by atoms with Gasteiger partial charge in [-0.3, -0.25) is 0 Å². The number of methoxy groups -OCH3 is 1. The average Bonchev–Trinajstić information content (AvgIpc) is 3.20. The Morgan fingerprint density at radius 2 is 1.93 bits per heavy atom. The van der Waals surface area contributed by atoms with Crippen LogP contribution in [0.4, 0.5) is 0 Å². The number of aliphatic hydroxyl groups is 1. The Labute approximate surface area is 172 Å². The van der Waals surface area contributed by atoms with Crippen molar-refractivity contribution in [3.8, 4) is 0 Å². The van der Waals surface area contributed by atoms with Gasteiger partial charge in [0.2, 0.25) is 0 Å². The molecule has 4 rings (SSSR count).